The molecule has 0 aromatic heterocycles. The third kappa shape index (κ3) is 5.81. The predicted octanol–water partition coefficient (Wildman–Crippen LogP) is 5.41. The van der Waals surface area contributed by atoms with Crippen molar-refractivity contribution in [3.8, 4) is 23.0 Å². The summed E-state index contributed by atoms with van der Waals surface area (Å²) in [4.78, 5) is 12.3. The van der Waals surface area contributed by atoms with Crippen LogP contribution in [0.5, 0.6) is 23.0 Å². The molecule has 0 radical (unpaired) electrons. The van der Waals surface area contributed by atoms with Crippen LogP contribution in [-0.4, -0.2) is 25.9 Å². The van der Waals surface area contributed by atoms with E-state index in [1.807, 2.05) is 62.4 Å². The minimum atomic E-state index is -0.286. The van der Waals surface area contributed by atoms with Gasteiger partial charge in [0.15, 0.2) is 29.6 Å². The van der Waals surface area contributed by atoms with Gasteiger partial charge in [0.05, 0.1) is 11.6 Å². The van der Waals surface area contributed by atoms with E-state index in [1.165, 1.54) is 0 Å². The molecule has 172 valence electrons. The summed E-state index contributed by atoms with van der Waals surface area (Å²) < 4.78 is 22.2. The van der Waals surface area contributed by atoms with Crippen LogP contribution in [0.3, 0.4) is 0 Å². The molecule has 0 bridgehead atoms. The van der Waals surface area contributed by atoms with Crippen LogP contribution in [0, 0.1) is 6.92 Å². The van der Waals surface area contributed by atoms with Crippen LogP contribution in [0.1, 0.15) is 18.1 Å². The zero-order valence-electron chi connectivity index (χ0n) is 18.4. The highest BCUT2D eigenvalue weighted by Gasteiger charge is 2.16. The molecule has 1 aliphatic heterocycles. The number of carbonyl (C=O) groups excluding carboxylic acids is 1. The van der Waals surface area contributed by atoms with Crippen molar-refractivity contribution in [2.24, 2.45) is 0 Å². The van der Waals surface area contributed by atoms with Crippen molar-refractivity contribution < 1.29 is 23.7 Å². The Morgan fingerprint density at radius 2 is 1.76 bits per heavy atom. The van der Waals surface area contributed by atoms with Crippen molar-refractivity contribution in [2.45, 2.75) is 20.4 Å². The molecule has 2 N–H and O–H groups in total. The van der Waals surface area contributed by atoms with Gasteiger partial charge in [-0.1, -0.05) is 29.3 Å². The van der Waals surface area contributed by atoms with E-state index >= 15 is 0 Å². The SMILES string of the molecule is CCOc1cc(CNc2ccc3c(c2)OCO3)cc(Cl)c1OCC(=O)Nc1ccc(C)cc1. The fourth-order valence-corrected chi connectivity index (χ4v) is 3.60. The summed E-state index contributed by atoms with van der Waals surface area (Å²) in [5.41, 5.74) is 3.61. The molecule has 0 fully saturated rings. The molecule has 0 saturated heterocycles. The minimum Gasteiger partial charge on any atom is -0.490 e. The molecule has 33 heavy (non-hydrogen) atoms. The molecular weight excluding hydrogens is 444 g/mol. The minimum absolute atomic E-state index is 0.192. The zero-order valence-corrected chi connectivity index (χ0v) is 19.2. The average Bonchev–Trinajstić information content (AvgIpc) is 3.27. The van der Waals surface area contributed by atoms with Crippen molar-refractivity contribution in [1.29, 1.82) is 0 Å². The van der Waals surface area contributed by atoms with E-state index in [0.717, 1.165) is 22.6 Å². The Labute approximate surface area is 197 Å². The van der Waals surface area contributed by atoms with Crippen molar-refractivity contribution in [3.63, 3.8) is 0 Å². The number of nitrogens with one attached hydrogen (secondary N) is 2. The lowest BCUT2D eigenvalue weighted by Crippen LogP contribution is -2.20. The summed E-state index contributed by atoms with van der Waals surface area (Å²) in [6.07, 6.45) is 0. The molecule has 8 heteroatoms. The van der Waals surface area contributed by atoms with E-state index in [2.05, 4.69) is 10.6 Å². The maximum atomic E-state index is 12.3. The van der Waals surface area contributed by atoms with Gasteiger partial charge in [0.1, 0.15) is 0 Å². The van der Waals surface area contributed by atoms with Gasteiger partial charge in [-0.3, -0.25) is 4.79 Å². The highest BCUT2D eigenvalue weighted by molar-refractivity contribution is 6.32. The van der Waals surface area contributed by atoms with E-state index in [9.17, 15) is 4.79 Å². The first-order valence-corrected chi connectivity index (χ1v) is 11.0. The molecular formula is C25H25ClN2O5. The molecule has 1 aliphatic rings. The average molecular weight is 469 g/mol. The van der Waals surface area contributed by atoms with E-state index in [-0.39, 0.29) is 19.3 Å². The van der Waals surface area contributed by atoms with Gasteiger partial charge in [0.25, 0.3) is 5.91 Å². The normalized spacial score (nSPS) is 11.7. The lowest BCUT2D eigenvalue weighted by Gasteiger charge is -2.16. The number of benzene rings is 3. The molecule has 0 saturated carbocycles. The van der Waals surface area contributed by atoms with Crippen LogP contribution in [0.15, 0.2) is 54.6 Å². The topological polar surface area (TPSA) is 78.1 Å². The van der Waals surface area contributed by atoms with Crippen LogP contribution in [0.4, 0.5) is 11.4 Å². The number of amides is 1. The number of halogens is 1. The molecule has 4 rings (SSSR count). The lowest BCUT2D eigenvalue weighted by atomic mass is 10.2. The van der Waals surface area contributed by atoms with Crippen LogP contribution < -0.4 is 29.6 Å². The van der Waals surface area contributed by atoms with Crippen molar-refractivity contribution >= 4 is 28.9 Å². The maximum absolute atomic E-state index is 12.3. The number of carbonyl (C=O) groups is 1. The number of rotatable bonds is 9. The number of hydrogen-bond acceptors (Lipinski definition) is 6. The standard InChI is InChI=1S/C25H25ClN2O5/c1-3-30-23-11-17(13-27-19-8-9-21-22(12-19)33-15-32-21)10-20(26)25(23)31-14-24(29)28-18-6-4-16(2)5-7-18/h4-12,27H,3,13-15H2,1-2H3,(H,28,29). The van der Waals surface area contributed by atoms with Crippen molar-refractivity contribution in [3.05, 3.63) is 70.7 Å². The Hall–Kier alpha value is -3.58. The molecule has 1 heterocycles. The smallest absolute Gasteiger partial charge is 0.262 e. The number of anilines is 2. The van der Waals surface area contributed by atoms with Gasteiger partial charge in [-0.15, -0.1) is 0 Å². The van der Waals surface area contributed by atoms with Crippen molar-refractivity contribution in [2.75, 3.05) is 30.6 Å². The van der Waals surface area contributed by atoms with Crippen LogP contribution in [0.25, 0.3) is 0 Å². The molecule has 0 unspecified atom stereocenters. The summed E-state index contributed by atoms with van der Waals surface area (Å²) in [7, 11) is 0. The second-order valence-electron chi connectivity index (χ2n) is 7.46. The highest BCUT2D eigenvalue weighted by atomic mass is 35.5. The number of fused-ring (bicyclic) bond motifs is 1. The molecule has 1 amide bonds. The summed E-state index contributed by atoms with van der Waals surface area (Å²) in [6, 6.07) is 16.8. The molecule has 0 spiro atoms. The van der Waals surface area contributed by atoms with E-state index in [0.29, 0.717) is 41.1 Å². The second kappa shape index (κ2) is 10.4. The summed E-state index contributed by atoms with van der Waals surface area (Å²) >= 11 is 6.49. The summed E-state index contributed by atoms with van der Waals surface area (Å²) in [6.45, 7) is 4.84. The Kier molecular flexibility index (Phi) is 7.10. The maximum Gasteiger partial charge on any atom is 0.262 e. The van der Waals surface area contributed by atoms with Gasteiger partial charge in [0.2, 0.25) is 6.79 Å². The first-order chi connectivity index (χ1) is 16.0. The second-order valence-corrected chi connectivity index (χ2v) is 7.87. The molecule has 3 aromatic rings. The number of hydrogen-bond donors (Lipinski definition) is 2. The molecule has 3 aromatic carbocycles. The Morgan fingerprint density at radius 1 is 1.00 bits per heavy atom. The van der Waals surface area contributed by atoms with E-state index in [4.69, 9.17) is 30.5 Å². The fourth-order valence-electron chi connectivity index (χ4n) is 3.31. The van der Waals surface area contributed by atoms with Crippen LogP contribution in [0.2, 0.25) is 5.02 Å². The monoisotopic (exact) mass is 468 g/mol. The summed E-state index contributed by atoms with van der Waals surface area (Å²) in [5, 5.41) is 6.50. The van der Waals surface area contributed by atoms with Gasteiger partial charge >= 0.3 is 0 Å². The Bertz CT molecular complexity index is 1130. The highest BCUT2D eigenvalue weighted by Crippen LogP contribution is 2.38. The van der Waals surface area contributed by atoms with Crippen LogP contribution in [-0.2, 0) is 11.3 Å². The van der Waals surface area contributed by atoms with Crippen LogP contribution >= 0.6 is 11.6 Å². The predicted molar refractivity (Wildman–Crippen MR) is 128 cm³/mol. The van der Waals surface area contributed by atoms with Gasteiger partial charge < -0.3 is 29.6 Å². The Balaban J connectivity index is 1.40. The molecule has 7 nitrogen and oxygen atoms in total. The fraction of sp³-hybridized carbons (Fsp3) is 0.240. The quantitative estimate of drug-likeness (QED) is 0.437. The molecule has 0 atom stereocenters. The summed E-state index contributed by atoms with van der Waals surface area (Å²) in [5.74, 6) is 1.97. The van der Waals surface area contributed by atoms with Gasteiger partial charge in [-0.25, -0.2) is 0 Å². The third-order valence-corrected chi connectivity index (χ3v) is 5.20. The first kappa shape index (κ1) is 22.6. The van der Waals surface area contributed by atoms with Gasteiger partial charge in [-0.05, 0) is 55.8 Å². The third-order valence-electron chi connectivity index (χ3n) is 4.92. The van der Waals surface area contributed by atoms with E-state index < -0.39 is 0 Å². The first-order valence-electron chi connectivity index (χ1n) is 10.6. The largest absolute Gasteiger partial charge is 0.490 e. The lowest BCUT2D eigenvalue weighted by molar-refractivity contribution is -0.118. The number of ether oxygens (including phenoxy) is 4. The Morgan fingerprint density at radius 3 is 2.55 bits per heavy atom. The number of aryl methyl sites for hydroxylation is 1. The molecule has 0 aliphatic carbocycles. The van der Waals surface area contributed by atoms with Crippen molar-refractivity contribution in [1.82, 2.24) is 0 Å². The van der Waals surface area contributed by atoms with Gasteiger partial charge in [0, 0.05) is 24.0 Å². The van der Waals surface area contributed by atoms with Gasteiger partial charge in [-0.2, -0.15) is 0 Å². The van der Waals surface area contributed by atoms with E-state index in [1.54, 1.807) is 6.07 Å². The zero-order chi connectivity index (χ0) is 23.2.